The lowest BCUT2D eigenvalue weighted by Gasteiger charge is -2.33. The third kappa shape index (κ3) is 13.6. The molecule has 11 heteroatoms. The molecule has 11 nitrogen and oxygen atoms in total. The Balaban J connectivity index is 1.41. The standard InChI is InChI=1S/C48H61NO10/c1-36(50)49-23-4-5-26-58-41-14-8-37(9-15-41)39-12-18-43-44-19-13-40(38-10-16-42(17-11-38)59-33-32-57-27-20-47(51)52)35-46(44)48(45(43)34-39,21-6-24-55-30-28-53-2)22-7-25-56-31-29-54-3/h8-19,34-35H,4-7,20-33H2,1-3H3,(H,49,50)(H,51,52). The van der Waals surface area contributed by atoms with Crippen LogP contribution in [0.25, 0.3) is 33.4 Å². The summed E-state index contributed by atoms with van der Waals surface area (Å²) >= 11 is 0. The predicted octanol–water partition coefficient (Wildman–Crippen LogP) is 8.34. The van der Waals surface area contributed by atoms with Gasteiger partial charge in [-0.2, -0.15) is 0 Å². The summed E-state index contributed by atoms with van der Waals surface area (Å²) in [6.07, 6.45) is 5.27. The van der Waals surface area contributed by atoms with Crippen LogP contribution >= 0.6 is 0 Å². The summed E-state index contributed by atoms with van der Waals surface area (Å²) in [4.78, 5) is 21.9. The van der Waals surface area contributed by atoms with E-state index in [4.69, 9.17) is 38.3 Å². The van der Waals surface area contributed by atoms with Gasteiger partial charge in [-0.05, 0) is 119 Å². The third-order valence-electron chi connectivity index (χ3n) is 10.6. The van der Waals surface area contributed by atoms with Crippen molar-refractivity contribution < 1.29 is 47.9 Å². The molecular weight excluding hydrogens is 751 g/mol. The Bertz CT molecular complexity index is 1740. The van der Waals surface area contributed by atoms with E-state index in [2.05, 4.69) is 66.0 Å². The SMILES string of the molecule is COCCOCCCC1(CCCOCCOC)c2cc(-c3ccc(OCCCCNC(C)=O)cc3)ccc2-c2ccc(-c3ccc(OCCOCCC(=O)O)cc3)cc21. The largest absolute Gasteiger partial charge is 0.494 e. The number of carboxylic acid groups (broad SMARTS) is 1. The average molecular weight is 812 g/mol. The molecular formula is C48H61NO10. The van der Waals surface area contributed by atoms with E-state index in [-0.39, 0.29) is 24.3 Å². The van der Waals surface area contributed by atoms with Crippen LogP contribution < -0.4 is 14.8 Å². The van der Waals surface area contributed by atoms with Gasteiger partial charge in [-0.3, -0.25) is 9.59 Å². The van der Waals surface area contributed by atoms with Crippen molar-refractivity contribution in [1.29, 1.82) is 0 Å². The van der Waals surface area contributed by atoms with E-state index in [9.17, 15) is 9.59 Å². The summed E-state index contributed by atoms with van der Waals surface area (Å²) in [5.74, 6) is 0.664. The van der Waals surface area contributed by atoms with Crippen molar-refractivity contribution in [1.82, 2.24) is 5.32 Å². The van der Waals surface area contributed by atoms with E-state index in [1.807, 2.05) is 24.3 Å². The molecule has 2 N–H and O–H groups in total. The van der Waals surface area contributed by atoms with E-state index in [1.165, 1.54) is 29.2 Å². The molecule has 0 fully saturated rings. The highest BCUT2D eigenvalue weighted by Crippen LogP contribution is 2.55. The number of methoxy groups -OCH3 is 2. The average Bonchev–Trinajstić information content (AvgIpc) is 3.51. The maximum Gasteiger partial charge on any atom is 0.305 e. The van der Waals surface area contributed by atoms with Crippen molar-refractivity contribution in [3.05, 3.63) is 96.1 Å². The molecule has 0 spiro atoms. The number of benzene rings is 4. The van der Waals surface area contributed by atoms with Gasteiger partial charge in [0.25, 0.3) is 0 Å². The van der Waals surface area contributed by atoms with Crippen LogP contribution in [0.1, 0.15) is 63.0 Å². The first kappa shape index (κ1) is 45.3. The Labute approximate surface area is 349 Å². The van der Waals surface area contributed by atoms with Crippen LogP contribution in [0.4, 0.5) is 0 Å². The van der Waals surface area contributed by atoms with Crippen molar-refractivity contribution in [3.8, 4) is 44.9 Å². The van der Waals surface area contributed by atoms with Crippen LogP contribution in [0.15, 0.2) is 84.9 Å². The molecule has 1 aliphatic carbocycles. The molecule has 0 aliphatic heterocycles. The zero-order valence-corrected chi connectivity index (χ0v) is 34.9. The van der Waals surface area contributed by atoms with Gasteiger partial charge in [0, 0.05) is 46.3 Å². The van der Waals surface area contributed by atoms with Crippen LogP contribution in [0, 0.1) is 0 Å². The lowest BCUT2D eigenvalue weighted by molar-refractivity contribution is -0.138. The number of rotatable bonds is 29. The summed E-state index contributed by atoms with van der Waals surface area (Å²) in [5, 5.41) is 11.6. The van der Waals surface area contributed by atoms with Gasteiger partial charge in [-0.25, -0.2) is 0 Å². The Kier molecular flexibility index (Phi) is 18.7. The molecule has 4 aromatic rings. The second kappa shape index (κ2) is 24.3. The number of aliphatic carboxylic acids is 1. The van der Waals surface area contributed by atoms with Crippen molar-refractivity contribution in [3.63, 3.8) is 0 Å². The first-order valence-electron chi connectivity index (χ1n) is 20.8. The van der Waals surface area contributed by atoms with E-state index in [0.717, 1.165) is 72.3 Å². The van der Waals surface area contributed by atoms with Crippen LogP contribution in [-0.2, 0) is 38.7 Å². The van der Waals surface area contributed by atoms with Gasteiger partial charge in [0.2, 0.25) is 5.91 Å². The van der Waals surface area contributed by atoms with E-state index in [0.29, 0.717) is 66.0 Å². The molecule has 0 heterocycles. The van der Waals surface area contributed by atoms with Gasteiger partial charge in [0.1, 0.15) is 18.1 Å². The lowest BCUT2D eigenvalue weighted by Crippen LogP contribution is -2.27. The van der Waals surface area contributed by atoms with Crippen molar-refractivity contribution >= 4 is 11.9 Å². The van der Waals surface area contributed by atoms with Gasteiger partial charge < -0.3 is 43.6 Å². The fourth-order valence-corrected chi connectivity index (χ4v) is 7.61. The van der Waals surface area contributed by atoms with Crippen molar-refractivity contribution in [2.75, 3.05) is 86.8 Å². The predicted molar refractivity (Wildman–Crippen MR) is 229 cm³/mol. The number of carbonyl (C=O) groups excluding carboxylic acids is 1. The fraction of sp³-hybridized carbons (Fsp3) is 0.458. The summed E-state index contributed by atoms with van der Waals surface area (Å²) in [7, 11) is 3.38. The summed E-state index contributed by atoms with van der Waals surface area (Å²) in [6.45, 7) is 7.14. The quantitative estimate of drug-likeness (QED) is 0.0516. The third-order valence-corrected chi connectivity index (χ3v) is 10.6. The van der Waals surface area contributed by atoms with Gasteiger partial charge in [-0.1, -0.05) is 48.5 Å². The Morgan fingerprint density at radius 2 is 1.02 bits per heavy atom. The normalized spacial score (nSPS) is 12.5. The molecule has 0 atom stereocenters. The zero-order chi connectivity index (χ0) is 41.7. The van der Waals surface area contributed by atoms with Gasteiger partial charge in [0.05, 0.1) is 52.7 Å². The minimum absolute atomic E-state index is 0.0106. The van der Waals surface area contributed by atoms with E-state index < -0.39 is 5.97 Å². The van der Waals surface area contributed by atoms with Crippen LogP contribution in [0.5, 0.6) is 11.5 Å². The molecule has 0 saturated carbocycles. The molecule has 4 aromatic carbocycles. The number of ether oxygens (including phenoxy) is 7. The molecule has 0 radical (unpaired) electrons. The fourth-order valence-electron chi connectivity index (χ4n) is 7.61. The monoisotopic (exact) mass is 811 g/mol. The number of fused-ring (bicyclic) bond motifs is 3. The van der Waals surface area contributed by atoms with Crippen LogP contribution in [0.2, 0.25) is 0 Å². The molecule has 318 valence electrons. The molecule has 1 aliphatic rings. The van der Waals surface area contributed by atoms with Crippen molar-refractivity contribution in [2.45, 2.75) is 57.3 Å². The zero-order valence-electron chi connectivity index (χ0n) is 34.9. The molecule has 0 unspecified atom stereocenters. The first-order valence-corrected chi connectivity index (χ1v) is 20.8. The second-order valence-electron chi connectivity index (χ2n) is 14.7. The van der Waals surface area contributed by atoms with Gasteiger partial charge in [-0.15, -0.1) is 0 Å². The number of hydrogen-bond acceptors (Lipinski definition) is 9. The van der Waals surface area contributed by atoms with E-state index >= 15 is 0 Å². The minimum Gasteiger partial charge on any atom is -0.494 e. The topological polar surface area (TPSA) is 131 Å². The van der Waals surface area contributed by atoms with Gasteiger partial charge in [0.15, 0.2) is 0 Å². The first-order chi connectivity index (χ1) is 28.8. The van der Waals surface area contributed by atoms with E-state index in [1.54, 1.807) is 14.2 Å². The molecule has 0 aromatic heterocycles. The highest BCUT2D eigenvalue weighted by Gasteiger charge is 2.42. The molecule has 5 rings (SSSR count). The maximum atomic E-state index is 11.1. The number of carbonyl (C=O) groups is 2. The number of unbranched alkanes of at least 4 members (excludes halogenated alkanes) is 1. The Morgan fingerprint density at radius 3 is 1.51 bits per heavy atom. The number of amides is 1. The highest BCUT2D eigenvalue weighted by molar-refractivity contribution is 5.86. The number of nitrogens with one attached hydrogen (secondary N) is 1. The second-order valence-corrected chi connectivity index (χ2v) is 14.7. The molecule has 1 amide bonds. The Hall–Kier alpha value is -4.78. The maximum absolute atomic E-state index is 11.1. The minimum atomic E-state index is -0.879. The number of hydrogen-bond donors (Lipinski definition) is 2. The van der Waals surface area contributed by atoms with Gasteiger partial charge >= 0.3 is 5.97 Å². The molecule has 59 heavy (non-hydrogen) atoms. The molecule has 0 bridgehead atoms. The summed E-state index contributed by atoms with van der Waals surface area (Å²) in [5.41, 5.74) is 9.35. The smallest absolute Gasteiger partial charge is 0.305 e. The number of carboxylic acids is 1. The molecule has 0 saturated heterocycles. The summed E-state index contributed by atoms with van der Waals surface area (Å²) < 4.78 is 39.8. The van der Waals surface area contributed by atoms with Crippen molar-refractivity contribution in [2.24, 2.45) is 0 Å². The van der Waals surface area contributed by atoms with Crippen LogP contribution in [0.3, 0.4) is 0 Å². The lowest BCUT2D eigenvalue weighted by atomic mass is 9.70. The summed E-state index contributed by atoms with van der Waals surface area (Å²) in [6, 6.07) is 30.2. The Morgan fingerprint density at radius 1 is 0.542 bits per heavy atom. The highest BCUT2D eigenvalue weighted by atomic mass is 16.5. The van der Waals surface area contributed by atoms with Crippen LogP contribution in [-0.4, -0.2) is 104 Å².